The van der Waals surface area contributed by atoms with Gasteiger partial charge in [-0.1, -0.05) is 23.7 Å². The standard InChI is InChI=1S/C22H27ClN4O.ClH/c23-18-4-1-3-17(13-18)22(15-24)10-8-19(9-11-22)27(14-16-6-7-16)21(28)20-5-2-12-25-26-20;/h1-5,12-13,16,19H,6-11,14-15,24H2;1H/t19-,22+;. The van der Waals surface area contributed by atoms with Gasteiger partial charge >= 0.3 is 0 Å². The van der Waals surface area contributed by atoms with Crippen molar-refractivity contribution in [2.45, 2.75) is 50.0 Å². The smallest absolute Gasteiger partial charge is 0.274 e. The van der Waals surface area contributed by atoms with E-state index in [1.54, 1.807) is 18.3 Å². The van der Waals surface area contributed by atoms with Crippen LogP contribution in [0.4, 0.5) is 0 Å². The van der Waals surface area contributed by atoms with Crippen molar-refractivity contribution < 1.29 is 4.79 Å². The van der Waals surface area contributed by atoms with Crippen LogP contribution in [0.3, 0.4) is 0 Å². The molecule has 1 aromatic heterocycles. The SMILES string of the molecule is Cl.NC[C@]1(c2cccc(Cl)c2)CC[C@@H](N(CC2CC2)C(=O)c2cccnn2)CC1. The third kappa shape index (κ3) is 4.90. The third-order valence-electron chi connectivity index (χ3n) is 6.38. The number of nitrogens with two attached hydrogens (primary N) is 1. The van der Waals surface area contributed by atoms with Crippen LogP contribution in [0, 0.1) is 5.92 Å². The molecule has 1 amide bonds. The van der Waals surface area contributed by atoms with E-state index in [4.69, 9.17) is 17.3 Å². The second-order valence-electron chi connectivity index (χ2n) is 8.24. The molecule has 5 nitrogen and oxygen atoms in total. The summed E-state index contributed by atoms with van der Waals surface area (Å²) in [5.74, 6) is 0.641. The first-order valence-corrected chi connectivity index (χ1v) is 10.5. The Kier molecular flexibility index (Phi) is 7.14. The second kappa shape index (κ2) is 9.41. The summed E-state index contributed by atoms with van der Waals surface area (Å²) < 4.78 is 0. The average molecular weight is 435 g/mol. The monoisotopic (exact) mass is 434 g/mol. The summed E-state index contributed by atoms with van der Waals surface area (Å²) >= 11 is 6.23. The van der Waals surface area contributed by atoms with Crippen molar-refractivity contribution in [3.8, 4) is 0 Å². The number of hydrogen-bond acceptors (Lipinski definition) is 4. The number of hydrogen-bond donors (Lipinski definition) is 1. The van der Waals surface area contributed by atoms with Gasteiger partial charge in [-0.25, -0.2) is 0 Å². The Bertz CT molecular complexity index is 821. The number of carbonyl (C=O) groups excluding carboxylic acids is 1. The van der Waals surface area contributed by atoms with Crippen LogP contribution in [0.15, 0.2) is 42.6 Å². The van der Waals surface area contributed by atoms with E-state index in [0.717, 1.165) is 37.3 Å². The van der Waals surface area contributed by atoms with Crippen LogP contribution in [-0.2, 0) is 5.41 Å². The molecule has 2 aromatic rings. The van der Waals surface area contributed by atoms with Crippen molar-refractivity contribution in [1.29, 1.82) is 0 Å². The highest BCUT2D eigenvalue weighted by atomic mass is 35.5. The molecule has 0 spiro atoms. The van der Waals surface area contributed by atoms with E-state index in [-0.39, 0.29) is 29.8 Å². The molecule has 29 heavy (non-hydrogen) atoms. The number of aromatic nitrogens is 2. The van der Waals surface area contributed by atoms with Crippen molar-refractivity contribution >= 4 is 29.9 Å². The largest absolute Gasteiger partial charge is 0.334 e. The highest BCUT2D eigenvalue weighted by Crippen LogP contribution is 2.42. The Balaban J connectivity index is 0.00000240. The molecule has 0 aliphatic heterocycles. The van der Waals surface area contributed by atoms with Crippen LogP contribution < -0.4 is 5.73 Å². The van der Waals surface area contributed by atoms with Gasteiger partial charge in [0.25, 0.3) is 5.91 Å². The Morgan fingerprint density at radius 2 is 1.93 bits per heavy atom. The fourth-order valence-corrected chi connectivity index (χ4v) is 4.63. The molecule has 2 aliphatic carbocycles. The number of halogens is 2. The van der Waals surface area contributed by atoms with Gasteiger partial charge in [0.2, 0.25) is 0 Å². The van der Waals surface area contributed by atoms with Gasteiger partial charge in [0.1, 0.15) is 0 Å². The number of benzene rings is 1. The third-order valence-corrected chi connectivity index (χ3v) is 6.62. The van der Waals surface area contributed by atoms with Crippen LogP contribution in [0.25, 0.3) is 0 Å². The molecule has 0 saturated heterocycles. The van der Waals surface area contributed by atoms with E-state index in [1.807, 2.05) is 18.2 Å². The Labute approximate surface area is 183 Å². The minimum absolute atomic E-state index is 0. The van der Waals surface area contributed by atoms with E-state index in [1.165, 1.54) is 18.4 Å². The highest BCUT2D eigenvalue weighted by molar-refractivity contribution is 6.30. The van der Waals surface area contributed by atoms with Gasteiger partial charge < -0.3 is 10.6 Å². The Morgan fingerprint density at radius 1 is 1.17 bits per heavy atom. The number of rotatable bonds is 6. The number of amides is 1. The predicted octanol–water partition coefficient (Wildman–Crippen LogP) is 4.24. The van der Waals surface area contributed by atoms with Gasteiger partial charge in [-0.15, -0.1) is 17.5 Å². The molecule has 0 atom stereocenters. The lowest BCUT2D eigenvalue weighted by Gasteiger charge is -2.43. The lowest BCUT2D eigenvalue weighted by atomic mass is 9.68. The first-order chi connectivity index (χ1) is 13.6. The van der Waals surface area contributed by atoms with E-state index in [9.17, 15) is 4.79 Å². The summed E-state index contributed by atoms with van der Waals surface area (Å²) in [5.41, 5.74) is 7.84. The minimum Gasteiger partial charge on any atom is -0.334 e. The van der Waals surface area contributed by atoms with Crippen LogP contribution in [0.2, 0.25) is 5.02 Å². The molecule has 4 rings (SSSR count). The zero-order valence-corrected chi connectivity index (χ0v) is 18.0. The molecule has 2 saturated carbocycles. The van der Waals surface area contributed by atoms with Crippen molar-refractivity contribution in [3.05, 3.63) is 58.9 Å². The topological polar surface area (TPSA) is 72.1 Å². The summed E-state index contributed by atoms with van der Waals surface area (Å²) in [6, 6.07) is 11.8. The highest BCUT2D eigenvalue weighted by Gasteiger charge is 2.40. The van der Waals surface area contributed by atoms with Gasteiger partial charge in [0.05, 0.1) is 0 Å². The molecule has 1 aromatic carbocycles. The Hall–Kier alpha value is -1.69. The maximum atomic E-state index is 13.1. The van der Waals surface area contributed by atoms with E-state index in [2.05, 4.69) is 21.2 Å². The molecular formula is C22H28Cl2N4O. The van der Waals surface area contributed by atoms with Crippen molar-refractivity contribution in [1.82, 2.24) is 15.1 Å². The zero-order chi connectivity index (χ0) is 19.6. The van der Waals surface area contributed by atoms with Crippen LogP contribution in [-0.4, -0.2) is 40.1 Å². The Morgan fingerprint density at radius 3 is 2.52 bits per heavy atom. The normalized spacial score (nSPS) is 23.9. The van der Waals surface area contributed by atoms with Gasteiger partial charge in [-0.3, -0.25) is 4.79 Å². The van der Waals surface area contributed by atoms with Crippen LogP contribution >= 0.6 is 24.0 Å². The summed E-state index contributed by atoms with van der Waals surface area (Å²) in [7, 11) is 0. The first-order valence-electron chi connectivity index (χ1n) is 10.2. The minimum atomic E-state index is -0.0533. The fourth-order valence-electron chi connectivity index (χ4n) is 4.43. The van der Waals surface area contributed by atoms with Gasteiger partial charge in [-0.05, 0) is 74.3 Å². The average Bonchev–Trinajstić information content (AvgIpc) is 3.57. The summed E-state index contributed by atoms with van der Waals surface area (Å²) in [4.78, 5) is 15.2. The molecule has 2 fully saturated rings. The van der Waals surface area contributed by atoms with Crippen molar-refractivity contribution in [3.63, 3.8) is 0 Å². The molecular weight excluding hydrogens is 407 g/mol. The zero-order valence-electron chi connectivity index (χ0n) is 16.5. The lowest BCUT2D eigenvalue weighted by Crippen LogP contribution is -2.48. The molecule has 0 unspecified atom stereocenters. The molecule has 0 radical (unpaired) electrons. The molecule has 7 heteroatoms. The van der Waals surface area contributed by atoms with E-state index in [0.29, 0.717) is 18.2 Å². The van der Waals surface area contributed by atoms with E-state index < -0.39 is 0 Å². The van der Waals surface area contributed by atoms with Crippen molar-refractivity contribution in [2.75, 3.05) is 13.1 Å². The summed E-state index contributed by atoms with van der Waals surface area (Å²) in [5, 5.41) is 8.68. The van der Waals surface area contributed by atoms with Gasteiger partial charge in [0.15, 0.2) is 5.69 Å². The second-order valence-corrected chi connectivity index (χ2v) is 8.67. The van der Waals surface area contributed by atoms with E-state index >= 15 is 0 Å². The van der Waals surface area contributed by atoms with Crippen LogP contribution in [0.5, 0.6) is 0 Å². The molecule has 2 aliphatic rings. The van der Waals surface area contributed by atoms with Crippen LogP contribution in [0.1, 0.15) is 54.6 Å². The number of carbonyl (C=O) groups is 1. The maximum Gasteiger partial charge on any atom is 0.274 e. The van der Waals surface area contributed by atoms with Gasteiger partial charge in [-0.2, -0.15) is 5.10 Å². The summed E-state index contributed by atoms with van der Waals surface area (Å²) in [6.45, 7) is 1.42. The quantitative estimate of drug-likeness (QED) is 0.737. The van der Waals surface area contributed by atoms with Crippen molar-refractivity contribution in [2.24, 2.45) is 11.7 Å². The number of nitrogens with zero attached hydrogens (tertiary/aromatic N) is 3. The molecule has 0 bridgehead atoms. The van der Waals surface area contributed by atoms with Gasteiger partial charge in [0, 0.05) is 35.8 Å². The lowest BCUT2D eigenvalue weighted by molar-refractivity contribution is 0.0574. The first kappa shape index (κ1) is 22.0. The molecule has 1 heterocycles. The molecule has 156 valence electrons. The fraction of sp³-hybridized carbons (Fsp3) is 0.500. The maximum absolute atomic E-state index is 13.1. The molecule has 2 N–H and O–H groups in total. The summed E-state index contributed by atoms with van der Waals surface area (Å²) in [6.07, 6.45) is 7.85. The predicted molar refractivity (Wildman–Crippen MR) is 117 cm³/mol.